The monoisotopic (exact) mass is 302 g/mol. The molecule has 1 aromatic carbocycles. The number of nitrogens with one attached hydrogen (secondary N) is 1. The van der Waals surface area contributed by atoms with Crippen LogP contribution in [0, 0.1) is 0 Å². The molecule has 0 radical (unpaired) electrons. The molecule has 0 atom stereocenters. The van der Waals surface area contributed by atoms with Crippen molar-refractivity contribution in [3.8, 4) is 0 Å². The predicted octanol–water partition coefficient (Wildman–Crippen LogP) is 2.97. The number of ether oxygens (including phenoxy) is 1. The number of fused-ring (bicyclic) bond motifs is 1. The summed E-state index contributed by atoms with van der Waals surface area (Å²) in [4.78, 5) is 28.9. The summed E-state index contributed by atoms with van der Waals surface area (Å²) in [6.45, 7) is 7.52. The van der Waals surface area contributed by atoms with E-state index in [-0.39, 0.29) is 24.6 Å². The fourth-order valence-corrected chi connectivity index (χ4v) is 2.64. The van der Waals surface area contributed by atoms with E-state index < -0.39 is 5.97 Å². The molecule has 0 bridgehead atoms. The number of amides is 1. The predicted molar refractivity (Wildman–Crippen MR) is 85.7 cm³/mol. The molecule has 2 aromatic rings. The van der Waals surface area contributed by atoms with Crippen LogP contribution < -0.4 is 0 Å². The van der Waals surface area contributed by atoms with Gasteiger partial charge in [0.15, 0.2) is 6.61 Å². The molecular weight excluding hydrogens is 280 g/mol. The highest BCUT2D eigenvalue weighted by atomic mass is 16.5. The van der Waals surface area contributed by atoms with Crippen LogP contribution in [0.1, 0.15) is 38.2 Å². The van der Waals surface area contributed by atoms with Gasteiger partial charge in [0.1, 0.15) is 5.69 Å². The first-order valence-electron chi connectivity index (χ1n) is 7.46. The number of H-pyrrole nitrogens is 1. The number of hydrogen-bond acceptors (Lipinski definition) is 3. The topological polar surface area (TPSA) is 62.4 Å². The van der Waals surface area contributed by atoms with Gasteiger partial charge in [0.2, 0.25) is 0 Å². The third kappa shape index (κ3) is 3.47. The molecule has 118 valence electrons. The maximum Gasteiger partial charge on any atom is 0.355 e. The van der Waals surface area contributed by atoms with Crippen molar-refractivity contribution in [2.45, 2.75) is 39.8 Å². The number of esters is 1. The van der Waals surface area contributed by atoms with E-state index in [2.05, 4.69) is 4.98 Å². The van der Waals surface area contributed by atoms with E-state index in [0.29, 0.717) is 5.69 Å². The molecule has 5 nitrogen and oxygen atoms in total. The molecule has 0 aliphatic carbocycles. The standard InChI is InChI=1S/C17H22N2O3/c1-11(2)19(12(3)4)16(20)10-22-17(21)15-9-13-7-5-6-8-14(13)18-15/h5-9,11-12,18H,10H2,1-4H3. The van der Waals surface area contributed by atoms with Gasteiger partial charge in [-0.1, -0.05) is 18.2 Å². The highest BCUT2D eigenvalue weighted by Crippen LogP contribution is 2.15. The molecule has 1 amide bonds. The zero-order valence-corrected chi connectivity index (χ0v) is 13.4. The van der Waals surface area contributed by atoms with Gasteiger partial charge in [0, 0.05) is 23.0 Å². The minimum atomic E-state index is -0.517. The van der Waals surface area contributed by atoms with Crippen LogP contribution in [0.15, 0.2) is 30.3 Å². The van der Waals surface area contributed by atoms with Gasteiger partial charge in [-0.05, 0) is 39.8 Å². The van der Waals surface area contributed by atoms with Gasteiger partial charge in [0.05, 0.1) is 0 Å². The Morgan fingerprint density at radius 2 is 1.77 bits per heavy atom. The second-order valence-corrected chi connectivity index (χ2v) is 5.83. The number of nitrogens with zero attached hydrogens (tertiary/aromatic N) is 1. The Labute approximate surface area is 130 Å². The van der Waals surface area contributed by atoms with E-state index >= 15 is 0 Å². The summed E-state index contributed by atoms with van der Waals surface area (Å²) in [5.41, 5.74) is 1.22. The van der Waals surface area contributed by atoms with E-state index in [4.69, 9.17) is 4.74 Å². The Morgan fingerprint density at radius 1 is 1.14 bits per heavy atom. The van der Waals surface area contributed by atoms with E-state index in [9.17, 15) is 9.59 Å². The van der Waals surface area contributed by atoms with Gasteiger partial charge in [0.25, 0.3) is 5.91 Å². The maximum atomic E-state index is 12.2. The molecule has 0 aliphatic heterocycles. The number of carbonyl (C=O) groups is 2. The molecule has 0 fully saturated rings. The van der Waals surface area contributed by atoms with Crippen LogP contribution in [0.5, 0.6) is 0 Å². The largest absolute Gasteiger partial charge is 0.451 e. The smallest absolute Gasteiger partial charge is 0.355 e. The summed E-state index contributed by atoms with van der Waals surface area (Å²) < 4.78 is 5.14. The Hall–Kier alpha value is -2.30. The molecule has 1 N–H and O–H groups in total. The third-order valence-electron chi connectivity index (χ3n) is 3.48. The number of para-hydroxylation sites is 1. The molecule has 1 heterocycles. The van der Waals surface area contributed by atoms with Crippen molar-refractivity contribution in [1.29, 1.82) is 0 Å². The van der Waals surface area contributed by atoms with Crippen molar-refractivity contribution in [1.82, 2.24) is 9.88 Å². The molecule has 0 saturated heterocycles. The van der Waals surface area contributed by atoms with Crippen LogP contribution >= 0.6 is 0 Å². The number of rotatable bonds is 5. The lowest BCUT2D eigenvalue weighted by Crippen LogP contribution is -2.44. The fraction of sp³-hybridized carbons (Fsp3) is 0.412. The van der Waals surface area contributed by atoms with Gasteiger partial charge >= 0.3 is 5.97 Å². The SMILES string of the molecule is CC(C)N(C(=O)COC(=O)c1cc2ccccc2[nH]1)C(C)C. The minimum absolute atomic E-state index is 0.0688. The number of aromatic nitrogens is 1. The average Bonchev–Trinajstić information content (AvgIpc) is 2.87. The zero-order valence-electron chi connectivity index (χ0n) is 13.4. The number of hydrogen-bond donors (Lipinski definition) is 1. The van der Waals surface area contributed by atoms with E-state index in [0.717, 1.165) is 10.9 Å². The fourth-order valence-electron chi connectivity index (χ4n) is 2.64. The Balaban J connectivity index is 2.01. The number of aromatic amines is 1. The Kier molecular flexibility index (Phi) is 4.85. The zero-order chi connectivity index (χ0) is 16.3. The van der Waals surface area contributed by atoms with Crippen molar-refractivity contribution < 1.29 is 14.3 Å². The van der Waals surface area contributed by atoms with Crippen LogP contribution in [0.4, 0.5) is 0 Å². The van der Waals surface area contributed by atoms with Crippen molar-refractivity contribution in [2.24, 2.45) is 0 Å². The second kappa shape index (κ2) is 6.64. The van der Waals surface area contributed by atoms with Crippen molar-refractivity contribution >= 4 is 22.8 Å². The Morgan fingerprint density at radius 3 is 2.36 bits per heavy atom. The molecular formula is C17H22N2O3. The molecule has 22 heavy (non-hydrogen) atoms. The lowest BCUT2D eigenvalue weighted by Gasteiger charge is -2.30. The molecule has 2 rings (SSSR count). The minimum Gasteiger partial charge on any atom is -0.451 e. The van der Waals surface area contributed by atoms with Crippen molar-refractivity contribution in [2.75, 3.05) is 6.61 Å². The summed E-state index contributed by atoms with van der Waals surface area (Å²) in [5, 5.41) is 0.937. The van der Waals surface area contributed by atoms with Crippen LogP contribution in [0.25, 0.3) is 10.9 Å². The lowest BCUT2D eigenvalue weighted by atomic mass is 10.2. The number of carbonyl (C=O) groups excluding carboxylic acids is 2. The van der Waals surface area contributed by atoms with Gasteiger partial charge < -0.3 is 14.6 Å². The van der Waals surface area contributed by atoms with E-state index in [1.807, 2.05) is 52.0 Å². The van der Waals surface area contributed by atoms with E-state index in [1.165, 1.54) is 0 Å². The van der Waals surface area contributed by atoms with Gasteiger partial charge in [-0.15, -0.1) is 0 Å². The normalized spacial score (nSPS) is 11.2. The summed E-state index contributed by atoms with van der Waals surface area (Å²) in [5.74, 6) is -0.702. The van der Waals surface area contributed by atoms with Crippen LogP contribution in [0.3, 0.4) is 0 Å². The van der Waals surface area contributed by atoms with Crippen molar-refractivity contribution in [3.63, 3.8) is 0 Å². The lowest BCUT2D eigenvalue weighted by molar-refractivity contribution is -0.138. The molecule has 0 unspecified atom stereocenters. The van der Waals surface area contributed by atoms with Crippen LogP contribution in [0.2, 0.25) is 0 Å². The Bertz CT molecular complexity index is 632. The third-order valence-corrected chi connectivity index (χ3v) is 3.48. The molecule has 0 saturated carbocycles. The quantitative estimate of drug-likeness (QED) is 0.864. The molecule has 1 aromatic heterocycles. The number of benzene rings is 1. The first-order chi connectivity index (χ1) is 10.4. The van der Waals surface area contributed by atoms with Gasteiger partial charge in [-0.3, -0.25) is 4.79 Å². The molecule has 5 heteroatoms. The second-order valence-electron chi connectivity index (χ2n) is 5.83. The first kappa shape index (κ1) is 16.1. The van der Waals surface area contributed by atoms with Crippen LogP contribution in [-0.2, 0) is 9.53 Å². The summed E-state index contributed by atoms with van der Waals surface area (Å²) in [6.07, 6.45) is 0. The highest BCUT2D eigenvalue weighted by Gasteiger charge is 2.22. The van der Waals surface area contributed by atoms with Gasteiger partial charge in [-0.25, -0.2) is 4.79 Å². The van der Waals surface area contributed by atoms with E-state index in [1.54, 1.807) is 11.0 Å². The highest BCUT2D eigenvalue weighted by molar-refractivity contribution is 5.95. The molecule has 0 spiro atoms. The summed E-state index contributed by atoms with van der Waals surface area (Å²) >= 11 is 0. The summed E-state index contributed by atoms with van der Waals surface area (Å²) in [7, 11) is 0. The molecule has 0 aliphatic rings. The summed E-state index contributed by atoms with van der Waals surface area (Å²) in [6, 6.07) is 9.45. The average molecular weight is 302 g/mol. The van der Waals surface area contributed by atoms with Crippen LogP contribution in [-0.4, -0.2) is 40.5 Å². The maximum absolute atomic E-state index is 12.2. The van der Waals surface area contributed by atoms with Crippen molar-refractivity contribution in [3.05, 3.63) is 36.0 Å². The van der Waals surface area contributed by atoms with Gasteiger partial charge in [-0.2, -0.15) is 0 Å². The first-order valence-corrected chi connectivity index (χ1v) is 7.46.